The van der Waals surface area contributed by atoms with Gasteiger partial charge in [-0.15, -0.1) is 0 Å². The number of carbonyl (C=O) groups is 1. The summed E-state index contributed by atoms with van der Waals surface area (Å²) in [4.78, 5) is 11.3. The van der Waals surface area contributed by atoms with E-state index in [1.165, 1.54) is 0 Å². The molecule has 2 nitrogen and oxygen atoms in total. The van der Waals surface area contributed by atoms with Crippen molar-refractivity contribution in [1.82, 2.24) is 0 Å². The van der Waals surface area contributed by atoms with Gasteiger partial charge >= 0.3 is 5.97 Å². The smallest absolute Gasteiger partial charge is 0.309 e. The SMILES string of the molecule is CC(C)C(C)(C)C(C)(C)C(C)(C)C(=O)O. The number of rotatable bonds is 4. The highest BCUT2D eigenvalue weighted by molar-refractivity contribution is 5.74. The van der Waals surface area contributed by atoms with Crippen LogP contribution < -0.4 is 0 Å². The van der Waals surface area contributed by atoms with E-state index in [0.717, 1.165) is 0 Å². The van der Waals surface area contributed by atoms with E-state index in [1.54, 1.807) is 0 Å². The van der Waals surface area contributed by atoms with Crippen molar-refractivity contribution in [2.45, 2.75) is 55.4 Å². The Bertz CT molecular complexity index is 247. The Hall–Kier alpha value is -0.530. The van der Waals surface area contributed by atoms with Gasteiger partial charge in [-0.2, -0.15) is 0 Å². The van der Waals surface area contributed by atoms with Crippen LogP contribution in [0.5, 0.6) is 0 Å². The van der Waals surface area contributed by atoms with Crippen molar-refractivity contribution in [1.29, 1.82) is 0 Å². The molecule has 0 spiro atoms. The maximum Gasteiger partial charge on any atom is 0.309 e. The van der Waals surface area contributed by atoms with Crippen LogP contribution in [0.4, 0.5) is 0 Å². The fourth-order valence-electron chi connectivity index (χ4n) is 1.79. The van der Waals surface area contributed by atoms with E-state index in [1.807, 2.05) is 13.8 Å². The molecule has 1 N–H and O–H groups in total. The summed E-state index contributed by atoms with van der Waals surface area (Å²) in [5.41, 5.74) is -1.00. The van der Waals surface area contributed by atoms with Gasteiger partial charge in [0.2, 0.25) is 0 Å². The number of carboxylic acid groups (broad SMARTS) is 1. The zero-order chi connectivity index (χ0) is 12.7. The first kappa shape index (κ1) is 14.5. The Morgan fingerprint density at radius 1 is 1.00 bits per heavy atom. The third kappa shape index (κ3) is 2.04. The minimum atomic E-state index is -0.721. The molecule has 0 saturated heterocycles. The predicted molar refractivity (Wildman–Crippen MR) is 63.8 cm³/mol. The van der Waals surface area contributed by atoms with Crippen LogP contribution in [0.2, 0.25) is 0 Å². The normalized spacial score (nSPS) is 14.5. The van der Waals surface area contributed by atoms with Crippen LogP contribution in [-0.4, -0.2) is 11.1 Å². The van der Waals surface area contributed by atoms with Crippen molar-refractivity contribution in [3.63, 3.8) is 0 Å². The molecule has 0 aromatic carbocycles. The van der Waals surface area contributed by atoms with Crippen LogP contribution in [0.25, 0.3) is 0 Å². The molecule has 0 rings (SSSR count). The van der Waals surface area contributed by atoms with Crippen LogP contribution in [0.1, 0.15) is 55.4 Å². The lowest BCUT2D eigenvalue weighted by atomic mass is 9.51. The Balaban J connectivity index is 5.40. The minimum absolute atomic E-state index is 0.0190. The summed E-state index contributed by atoms with van der Waals surface area (Å²) in [7, 11) is 0. The molecule has 0 bridgehead atoms. The highest BCUT2D eigenvalue weighted by Gasteiger charge is 2.52. The number of aliphatic carboxylic acids is 1. The summed E-state index contributed by atoms with van der Waals surface area (Å²) < 4.78 is 0. The summed E-state index contributed by atoms with van der Waals surface area (Å²) in [6, 6.07) is 0. The van der Waals surface area contributed by atoms with Crippen molar-refractivity contribution in [2.24, 2.45) is 22.2 Å². The largest absolute Gasteiger partial charge is 0.481 e. The van der Waals surface area contributed by atoms with Crippen molar-refractivity contribution in [3.05, 3.63) is 0 Å². The fourth-order valence-corrected chi connectivity index (χ4v) is 1.79. The molecule has 0 aromatic rings. The molecule has 0 saturated carbocycles. The highest BCUT2D eigenvalue weighted by Crippen LogP contribution is 2.54. The molecule has 0 amide bonds. The number of hydrogen-bond acceptors (Lipinski definition) is 1. The second kappa shape index (κ2) is 3.80. The quantitative estimate of drug-likeness (QED) is 0.772. The summed E-state index contributed by atoms with van der Waals surface area (Å²) in [5, 5.41) is 9.32. The second-order valence-electron chi connectivity index (χ2n) is 6.43. The molecule has 0 aliphatic carbocycles. The minimum Gasteiger partial charge on any atom is -0.481 e. The first-order chi connectivity index (χ1) is 6.39. The molecule has 0 atom stereocenters. The van der Waals surface area contributed by atoms with Gasteiger partial charge in [0.1, 0.15) is 0 Å². The molecule has 90 valence electrons. The zero-order valence-corrected chi connectivity index (χ0v) is 11.4. The average molecular weight is 214 g/mol. The van der Waals surface area contributed by atoms with Crippen molar-refractivity contribution in [3.8, 4) is 0 Å². The molecule has 0 aliphatic rings. The third-order valence-electron chi connectivity index (χ3n) is 5.15. The van der Waals surface area contributed by atoms with Gasteiger partial charge in [-0.3, -0.25) is 4.79 Å². The Morgan fingerprint density at radius 2 is 1.33 bits per heavy atom. The Kier molecular flexibility index (Phi) is 3.67. The zero-order valence-electron chi connectivity index (χ0n) is 11.4. The van der Waals surface area contributed by atoms with Crippen molar-refractivity contribution < 1.29 is 9.90 Å². The van der Waals surface area contributed by atoms with Crippen LogP contribution >= 0.6 is 0 Å². The summed E-state index contributed by atoms with van der Waals surface area (Å²) in [6.45, 7) is 16.4. The lowest BCUT2D eigenvalue weighted by molar-refractivity contribution is -0.162. The van der Waals surface area contributed by atoms with Gasteiger partial charge in [-0.25, -0.2) is 0 Å². The van der Waals surface area contributed by atoms with E-state index in [4.69, 9.17) is 0 Å². The van der Waals surface area contributed by atoms with Crippen LogP contribution in [0, 0.1) is 22.2 Å². The average Bonchev–Trinajstić information content (AvgIpc) is 2.02. The molecule has 0 aliphatic heterocycles. The maximum atomic E-state index is 11.3. The van der Waals surface area contributed by atoms with E-state index in [9.17, 15) is 9.90 Å². The van der Waals surface area contributed by atoms with Crippen molar-refractivity contribution in [2.75, 3.05) is 0 Å². The number of hydrogen-bond donors (Lipinski definition) is 1. The lowest BCUT2D eigenvalue weighted by Crippen LogP contribution is -2.50. The van der Waals surface area contributed by atoms with E-state index in [-0.39, 0.29) is 10.8 Å². The molecule has 15 heavy (non-hydrogen) atoms. The molecule has 0 unspecified atom stereocenters. The van der Waals surface area contributed by atoms with Crippen molar-refractivity contribution >= 4 is 5.97 Å². The summed E-state index contributed by atoms with van der Waals surface area (Å²) >= 11 is 0. The summed E-state index contributed by atoms with van der Waals surface area (Å²) in [5.74, 6) is -0.271. The highest BCUT2D eigenvalue weighted by atomic mass is 16.4. The van der Waals surface area contributed by atoms with Crippen LogP contribution in [0.15, 0.2) is 0 Å². The van der Waals surface area contributed by atoms with Gasteiger partial charge in [0.15, 0.2) is 0 Å². The first-order valence-electron chi connectivity index (χ1n) is 5.62. The summed E-state index contributed by atoms with van der Waals surface area (Å²) in [6.07, 6.45) is 0. The monoisotopic (exact) mass is 214 g/mol. The predicted octanol–water partition coefficient (Wildman–Crippen LogP) is 3.81. The van der Waals surface area contributed by atoms with Gasteiger partial charge in [0.25, 0.3) is 0 Å². The van der Waals surface area contributed by atoms with Gasteiger partial charge in [-0.1, -0.05) is 41.5 Å². The van der Waals surface area contributed by atoms with E-state index in [2.05, 4.69) is 41.5 Å². The van der Waals surface area contributed by atoms with Gasteiger partial charge in [0.05, 0.1) is 5.41 Å². The fraction of sp³-hybridized carbons (Fsp3) is 0.923. The Labute approximate surface area is 94.1 Å². The second-order valence-corrected chi connectivity index (χ2v) is 6.43. The van der Waals surface area contributed by atoms with Gasteiger partial charge < -0.3 is 5.11 Å². The topological polar surface area (TPSA) is 37.3 Å². The standard InChI is InChI=1S/C13H26O2/c1-9(2)11(3,4)13(7,8)12(5,6)10(14)15/h9H,1-8H3,(H,14,15). The molecular formula is C13H26O2. The lowest BCUT2D eigenvalue weighted by Gasteiger charge is -2.52. The van der Waals surface area contributed by atoms with E-state index < -0.39 is 11.4 Å². The molecule has 0 heterocycles. The van der Waals surface area contributed by atoms with E-state index >= 15 is 0 Å². The number of carboxylic acids is 1. The van der Waals surface area contributed by atoms with Gasteiger partial charge in [-0.05, 0) is 30.6 Å². The molecule has 0 aromatic heterocycles. The van der Waals surface area contributed by atoms with E-state index in [0.29, 0.717) is 5.92 Å². The molecule has 2 heteroatoms. The third-order valence-corrected chi connectivity index (χ3v) is 5.15. The first-order valence-corrected chi connectivity index (χ1v) is 5.62. The van der Waals surface area contributed by atoms with Gasteiger partial charge in [0, 0.05) is 0 Å². The molecule has 0 fully saturated rings. The molecule has 0 radical (unpaired) electrons. The Morgan fingerprint density at radius 3 is 1.53 bits per heavy atom. The maximum absolute atomic E-state index is 11.3. The van der Waals surface area contributed by atoms with Crippen LogP contribution in [0.3, 0.4) is 0 Å². The molecular weight excluding hydrogens is 188 g/mol. The van der Waals surface area contributed by atoms with Crippen LogP contribution in [-0.2, 0) is 4.79 Å².